The summed E-state index contributed by atoms with van der Waals surface area (Å²) in [7, 11) is 0. The van der Waals surface area contributed by atoms with E-state index in [1.807, 2.05) is 24.3 Å². The third-order valence-corrected chi connectivity index (χ3v) is 2.32. The Labute approximate surface area is 97.6 Å². The fourth-order valence-electron chi connectivity index (χ4n) is 0.824. The van der Waals surface area contributed by atoms with Gasteiger partial charge < -0.3 is 5.32 Å². The Balaban J connectivity index is 2.71. The highest BCUT2D eigenvalue weighted by atomic mass is 79.9. The van der Waals surface area contributed by atoms with Gasteiger partial charge >= 0.3 is 0 Å². The normalized spacial score (nSPS) is 11.1. The predicted molar refractivity (Wildman–Crippen MR) is 65.3 cm³/mol. The van der Waals surface area contributed by atoms with Crippen LogP contribution in [-0.4, -0.2) is 10.2 Å². The number of nitrogens with one attached hydrogen (secondary N) is 1. The number of rotatable bonds is 2. The van der Waals surface area contributed by atoms with Crippen molar-refractivity contribution in [3.05, 3.63) is 24.3 Å². The third kappa shape index (κ3) is 3.35. The minimum atomic E-state index is -0.549. The van der Waals surface area contributed by atoms with Gasteiger partial charge in [0, 0.05) is 10.6 Å². The van der Waals surface area contributed by atoms with Gasteiger partial charge in [0.15, 0.2) is 0 Å². The summed E-state index contributed by atoms with van der Waals surface area (Å²) >= 11 is 7.45. The topological polar surface area (TPSA) is 29.1 Å². The number of anilines is 1. The molecule has 0 unspecified atom stereocenters. The van der Waals surface area contributed by atoms with E-state index in [-0.39, 0.29) is 5.91 Å². The lowest BCUT2D eigenvalue weighted by Crippen LogP contribution is -2.30. The van der Waals surface area contributed by atoms with Crippen LogP contribution >= 0.6 is 28.6 Å². The van der Waals surface area contributed by atoms with Crippen molar-refractivity contribution in [2.24, 2.45) is 0 Å². The molecular weight excluding hydrogens is 262 g/mol. The van der Waals surface area contributed by atoms with E-state index in [0.717, 1.165) is 10.6 Å². The summed E-state index contributed by atoms with van der Waals surface area (Å²) in [5, 5.41) is 2.79. The molecule has 0 fully saturated rings. The summed E-state index contributed by atoms with van der Waals surface area (Å²) in [4.78, 5) is 12.4. The van der Waals surface area contributed by atoms with Crippen LogP contribution in [-0.2, 0) is 4.79 Å². The van der Waals surface area contributed by atoms with Crippen molar-refractivity contribution >= 4 is 40.2 Å². The summed E-state index contributed by atoms with van der Waals surface area (Å²) in [6.07, 6.45) is 0. The molecule has 1 rings (SSSR count). The standard InChI is InChI=1S/C10H12BrNOS/c1-10(2,11)9(13)12-7-3-5-8(14)6-4-7/h3-6,14H,1-2H3,(H,12,13). The molecule has 1 aromatic rings. The van der Waals surface area contributed by atoms with E-state index in [0.29, 0.717) is 0 Å². The SMILES string of the molecule is CC(C)(Br)C(=O)Nc1ccc(S)cc1. The number of thiol groups is 1. The largest absolute Gasteiger partial charge is 0.325 e. The van der Waals surface area contributed by atoms with E-state index < -0.39 is 4.32 Å². The summed E-state index contributed by atoms with van der Waals surface area (Å²) < 4.78 is -0.549. The van der Waals surface area contributed by atoms with Crippen molar-refractivity contribution in [1.29, 1.82) is 0 Å². The highest BCUT2D eigenvalue weighted by molar-refractivity contribution is 9.10. The first kappa shape index (κ1) is 11.6. The van der Waals surface area contributed by atoms with Crippen LogP contribution in [0.1, 0.15) is 13.8 Å². The quantitative estimate of drug-likeness (QED) is 0.629. The van der Waals surface area contributed by atoms with E-state index in [4.69, 9.17) is 0 Å². The molecule has 1 aromatic carbocycles. The lowest BCUT2D eigenvalue weighted by atomic mass is 10.2. The maximum atomic E-state index is 11.5. The molecule has 0 bridgehead atoms. The zero-order valence-corrected chi connectivity index (χ0v) is 10.5. The van der Waals surface area contributed by atoms with Crippen LogP contribution in [0.25, 0.3) is 0 Å². The van der Waals surface area contributed by atoms with Crippen molar-refractivity contribution in [2.75, 3.05) is 5.32 Å². The van der Waals surface area contributed by atoms with Gasteiger partial charge in [0.1, 0.15) is 0 Å². The Morgan fingerprint density at radius 2 is 1.86 bits per heavy atom. The number of carbonyl (C=O) groups excluding carboxylic acids is 1. The summed E-state index contributed by atoms with van der Waals surface area (Å²) in [6, 6.07) is 7.30. The minimum Gasteiger partial charge on any atom is -0.325 e. The van der Waals surface area contributed by atoms with Crippen LogP contribution in [0, 0.1) is 0 Å². The van der Waals surface area contributed by atoms with Crippen LogP contribution in [0.5, 0.6) is 0 Å². The number of halogens is 1. The molecule has 0 saturated heterocycles. The fourth-order valence-corrected chi connectivity index (χ4v) is 1.07. The second-order valence-electron chi connectivity index (χ2n) is 3.47. The van der Waals surface area contributed by atoms with Gasteiger partial charge in [0.05, 0.1) is 4.32 Å². The first-order valence-electron chi connectivity index (χ1n) is 4.19. The second-order valence-corrected chi connectivity index (χ2v) is 5.97. The predicted octanol–water partition coefficient (Wildman–Crippen LogP) is 3.09. The van der Waals surface area contributed by atoms with Crippen LogP contribution in [0.15, 0.2) is 29.2 Å². The summed E-state index contributed by atoms with van der Waals surface area (Å²) in [6.45, 7) is 3.60. The molecule has 0 atom stereocenters. The average Bonchev–Trinajstić information content (AvgIpc) is 2.07. The summed E-state index contributed by atoms with van der Waals surface area (Å²) in [5.41, 5.74) is 0.778. The smallest absolute Gasteiger partial charge is 0.240 e. The van der Waals surface area contributed by atoms with Crippen molar-refractivity contribution in [3.63, 3.8) is 0 Å². The van der Waals surface area contributed by atoms with Gasteiger partial charge in [0.2, 0.25) is 5.91 Å². The Morgan fingerprint density at radius 1 is 1.36 bits per heavy atom. The lowest BCUT2D eigenvalue weighted by molar-refractivity contribution is -0.117. The van der Waals surface area contributed by atoms with E-state index in [2.05, 4.69) is 33.9 Å². The number of carbonyl (C=O) groups is 1. The molecule has 1 amide bonds. The van der Waals surface area contributed by atoms with Gasteiger partial charge in [-0.05, 0) is 38.1 Å². The van der Waals surface area contributed by atoms with Gasteiger partial charge in [-0.1, -0.05) is 15.9 Å². The van der Waals surface area contributed by atoms with Crippen molar-refractivity contribution in [3.8, 4) is 0 Å². The Hall–Kier alpha value is -0.480. The highest BCUT2D eigenvalue weighted by Gasteiger charge is 2.23. The van der Waals surface area contributed by atoms with Crippen LogP contribution in [0.3, 0.4) is 0 Å². The molecule has 0 spiro atoms. The lowest BCUT2D eigenvalue weighted by Gasteiger charge is -2.15. The average molecular weight is 274 g/mol. The van der Waals surface area contributed by atoms with Gasteiger partial charge in [-0.3, -0.25) is 4.79 Å². The van der Waals surface area contributed by atoms with Crippen molar-refractivity contribution in [1.82, 2.24) is 0 Å². The molecule has 0 aliphatic rings. The maximum absolute atomic E-state index is 11.5. The maximum Gasteiger partial charge on any atom is 0.240 e. The van der Waals surface area contributed by atoms with Crippen LogP contribution in [0.4, 0.5) is 5.69 Å². The molecule has 0 aliphatic heterocycles. The first-order valence-corrected chi connectivity index (χ1v) is 5.43. The zero-order valence-electron chi connectivity index (χ0n) is 8.04. The number of hydrogen-bond donors (Lipinski definition) is 2. The van der Waals surface area contributed by atoms with Gasteiger partial charge in [-0.25, -0.2) is 0 Å². The Bertz CT molecular complexity index is 329. The van der Waals surface area contributed by atoms with Gasteiger partial charge in [0.25, 0.3) is 0 Å². The van der Waals surface area contributed by atoms with Crippen molar-refractivity contribution in [2.45, 2.75) is 23.1 Å². The van der Waals surface area contributed by atoms with E-state index >= 15 is 0 Å². The van der Waals surface area contributed by atoms with Gasteiger partial charge in [-0.2, -0.15) is 0 Å². The Kier molecular flexibility index (Phi) is 3.61. The molecule has 0 heterocycles. The molecule has 0 aromatic heterocycles. The molecule has 14 heavy (non-hydrogen) atoms. The molecule has 0 saturated carbocycles. The first-order chi connectivity index (χ1) is 6.39. The second kappa shape index (κ2) is 4.36. The van der Waals surface area contributed by atoms with Gasteiger partial charge in [-0.15, -0.1) is 12.6 Å². The molecule has 2 nitrogen and oxygen atoms in total. The number of benzene rings is 1. The number of alkyl halides is 1. The summed E-state index contributed by atoms with van der Waals surface area (Å²) in [5.74, 6) is -0.0654. The molecule has 0 radical (unpaired) electrons. The van der Waals surface area contributed by atoms with E-state index in [1.54, 1.807) is 13.8 Å². The monoisotopic (exact) mass is 273 g/mol. The molecular formula is C10H12BrNOS. The molecule has 4 heteroatoms. The number of hydrogen-bond acceptors (Lipinski definition) is 2. The van der Waals surface area contributed by atoms with Crippen LogP contribution in [0.2, 0.25) is 0 Å². The highest BCUT2D eigenvalue weighted by Crippen LogP contribution is 2.19. The van der Waals surface area contributed by atoms with E-state index in [9.17, 15) is 4.79 Å². The van der Waals surface area contributed by atoms with Crippen molar-refractivity contribution < 1.29 is 4.79 Å². The van der Waals surface area contributed by atoms with Crippen LogP contribution < -0.4 is 5.32 Å². The molecule has 0 aliphatic carbocycles. The fraction of sp³-hybridized carbons (Fsp3) is 0.300. The third-order valence-electron chi connectivity index (χ3n) is 1.67. The number of amides is 1. The minimum absolute atomic E-state index is 0.0654. The Morgan fingerprint density at radius 3 is 2.29 bits per heavy atom. The zero-order chi connectivity index (χ0) is 10.8. The van der Waals surface area contributed by atoms with E-state index in [1.165, 1.54) is 0 Å². The molecule has 1 N–H and O–H groups in total. The molecule has 76 valence electrons.